The zero-order valence-corrected chi connectivity index (χ0v) is 28.1. The normalized spacial score (nSPS) is 13.8. The number of nitrogens with two attached hydrogens (primary N) is 7. The number of thioether (sulfide) groups is 1. The van der Waals surface area contributed by atoms with Crippen LogP contribution in [-0.2, 0) is 28.8 Å². The van der Waals surface area contributed by atoms with E-state index in [0.29, 0.717) is 31.6 Å². The molecule has 0 fully saturated rings. The highest BCUT2D eigenvalue weighted by molar-refractivity contribution is 7.98. The lowest BCUT2D eigenvalue weighted by Crippen LogP contribution is -2.59. The van der Waals surface area contributed by atoms with E-state index in [2.05, 4.69) is 31.3 Å². The minimum Gasteiger partial charge on any atom is -0.480 e. The Hall–Kier alpha value is -4.37. The minimum atomic E-state index is -1.47. The Kier molecular flexibility index (Phi) is 22.5. The number of hydrogen-bond donors (Lipinski definition) is 12. The van der Waals surface area contributed by atoms with Gasteiger partial charge in [-0.15, -0.1) is 0 Å². The maximum absolute atomic E-state index is 13.5. The van der Waals surface area contributed by atoms with Crippen molar-refractivity contribution in [1.82, 2.24) is 21.3 Å². The summed E-state index contributed by atoms with van der Waals surface area (Å²) in [5.74, 6) is -5.23. The summed E-state index contributed by atoms with van der Waals surface area (Å²) in [7, 11) is 0. The molecule has 20 nitrogen and oxygen atoms in total. The Morgan fingerprint density at radius 3 is 1.58 bits per heavy atom. The van der Waals surface area contributed by atoms with Gasteiger partial charge in [-0.05, 0) is 69.9 Å². The third-order valence-electron chi connectivity index (χ3n) is 6.73. The number of aliphatic imine (C=N–C) groups is 2. The fraction of sp³-hybridized carbons (Fsp3) is 0.704. The molecular formula is C27H53N13O7S. The molecule has 0 saturated carbocycles. The van der Waals surface area contributed by atoms with E-state index < -0.39 is 72.1 Å². The molecule has 0 aliphatic rings. The lowest BCUT2D eigenvalue weighted by atomic mass is 10.1. The molecule has 274 valence electrons. The second kappa shape index (κ2) is 24.8. The van der Waals surface area contributed by atoms with Gasteiger partial charge in [-0.2, -0.15) is 11.8 Å². The van der Waals surface area contributed by atoms with E-state index >= 15 is 0 Å². The zero-order valence-electron chi connectivity index (χ0n) is 27.3. The van der Waals surface area contributed by atoms with Crippen LogP contribution in [0.15, 0.2) is 9.98 Å². The summed E-state index contributed by atoms with van der Waals surface area (Å²) in [6.45, 7) is 0.697. The van der Waals surface area contributed by atoms with Crippen LogP contribution in [-0.4, -0.2) is 114 Å². The third-order valence-corrected chi connectivity index (χ3v) is 7.37. The van der Waals surface area contributed by atoms with E-state index in [-0.39, 0.29) is 57.1 Å². The van der Waals surface area contributed by atoms with Crippen LogP contribution in [0.3, 0.4) is 0 Å². The summed E-state index contributed by atoms with van der Waals surface area (Å²) in [6.07, 6.45) is 3.18. The Bertz CT molecular complexity index is 1120. The van der Waals surface area contributed by atoms with Crippen molar-refractivity contribution >= 4 is 59.2 Å². The number of carboxylic acids is 1. The molecule has 0 unspecified atom stereocenters. The molecular weight excluding hydrogens is 650 g/mol. The molecule has 0 aliphatic carbocycles. The Balaban J connectivity index is 5.90. The van der Waals surface area contributed by atoms with Gasteiger partial charge in [0.25, 0.3) is 0 Å². The molecule has 48 heavy (non-hydrogen) atoms. The van der Waals surface area contributed by atoms with Crippen molar-refractivity contribution in [1.29, 1.82) is 0 Å². The predicted molar refractivity (Wildman–Crippen MR) is 183 cm³/mol. The number of hydrogen-bond acceptors (Lipinski definition) is 11. The largest absolute Gasteiger partial charge is 0.480 e. The van der Waals surface area contributed by atoms with Crippen LogP contribution in [0, 0.1) is 0 Å². The first-order valence-corrected chi connectivity index (χ1v) is 16.8. The van der Waals surface area contributed by atoms with E-state index in [1.54, 1.807) is 6.26 Å². The van der Waals surface area contributed by atoms with Crippen LogP contribution >= 0.6 is 11.8 Å². The Morgan fingerprint density at radius 2 is 1.10 bits per heavy atom. The smallest absolute Gasteiger partial charge is 0.326 e. The first kappa shape index (κ1) is 43.6. The lowest BCUT2D eigenvalue weighted by Gasteiger charge is -2.26. The molecule has 0 spiro atoms. The summed E-state index contributed by atoms with van der Waals surface area (Å²) in [5, 5.41) is 19.6. The van der Waals surface area contributed by atoms with Crippen LogP contribution in [0.1, 0.15) is 57.8 Å². The number of nitrogens with one attached hydrogen (secondary N) is 4. The summed E-state index contributed by atoms with van der Waals surface area (Å²) in [5.41, 5.74) is 38.0. The van der Waals surface area contributed by atoms with Gasteiger partial charge in [0.15, 0.2) is 11.9 Å². The molecule has 0 rings (SSSR count). The molecule has 0 heterocycles. The molecule has 0 aliphatic heterocycles. The summed E-state index contributed by atoms with van der Waals surface area (Å²) < 4.78 is 0. The number of unbranched alkanes of at least 4 members (excludes halogenated alkanes) is 1. The predicted octanol–water partition coefficient (Wildman–Crippen LogP) is -4.80. The van der Waals surface area contributed by atoms with Gasteiger partial charge < -0.3 is 66.5 Å². The Morgan fingerprint density at radius 1 is 0.646 bits per heavy atom. The average Bonchev–Trinajstić information content (AvgIpc) is 3.00. The molecule has 0 saturated heterocycles. The molecule has 0 aromatic rings. The van der Waals surface area contributed by atoms with Crippen LogP contribution in [0.4, 0.5) is 0 Å². The highest BCUT2D eigenvalue weighted by Gasteiger charge is 2.32. The van der Waals surface area contributed by atoms with E-state index in [1.807, 2.05) is 0 Å². The van der Waals surface area contributed by atoms with Crippen molar-refractivity contribution in [3.05, 3.63) is 0 Å². The van der Waals surface area contributed by atoms with Crippen molar-refractivity contribution in [2.75, 3.05) is 31.6 Å². The quantitative estimate of drug-likeness (QED) is 0.0229. The number of carbonyl (C=O) groups is 6. The van der Waals surface area contributed by atoms with E-state index in [4.69, 9.17) is 40.1 Å². The molecule has 0 aromatic carbocycles. The van der Waals surface area contributed by atoms with Gasteiger partial charge >= 0.3 is 5.97 Å². The number of nitrogens with zero attached hydrogens (tertiary/aromatic N) is 2. The number of carbonyl (C=O) groups excluding carboxylic acids is 5. The van der Waals surface area contributed by atoms with E-state index in [0.717, 1.165) is 0 Å². The van der Waals surface area contributed by atoms with Gasteiger partial charge in [0.2, 0.25) is 29.5 Å². The molecule has 21 heteroatoms. The van der Waals surface area contributed by atoms with Crippen LogP contribution in [0.25, 0.3) is 0 Å². The topological polar surface area (TPSA) is 378 Å². The summed E-state index contributed by atoms with van der Waals surface area (Å²) in [6, 6.07) is -6.22. The van der Waals surface area contributed by atoms with Crippen molar-refractivity contribution in [3.63, 3.8) is 0 Å². The van der Waals surface area contributed by atoms with Gasteiger partial charge in [0.1, 0.15) is 24.2 Å². The SMILES string of the molecule is CSCC[C@H](NC(=O)[C@H](CC(N)=O)NC(=O)[C@@H](N)CCCN=C(N)N)C(=O)N[C@@H](CCCN=C(N)N)C(=O)N[C@@H](CCCCN)C(=O)O. The standard InChI is InChI=1S/C27H53N13O7S/c1-48-13-9-17(38-24(45)19(14-20(30)41)40-21(42)15(29)6-4-11-35-26(31)32)23(44)37-16(8-5-12-36-27(33)34)22(43)39-18(25(46)47)7-2-3-10-28/h15-19H,2-14,28-29H2,1H3,(H2,30,41)(H,37,44)(H,38,45)(H,39,43)(H,40,42)(H,46,47)(H4,31,32,35)(H4,33,34,36)/t15-,16-,17-,18-,19-/m0/s1. The molecule has 5 atom stereocenters. The number of primary amides is 1. The average molecular weight is 704 g/mol. The second-order valence-corrected chi connectivity index (χ2v) is 11.8. The van der Waals surface area contributed by atoms with Gasteiger partial charge in [0, 0.05) is 13.1 Å². The van der Waals surface area contributed by atoms with Crippen molar-refractivity contribution < 1.29 is 33.9 Å². The molecule has 5 amide bonds. The van der Waals surface area contributed by atoms with Crippen molar-refractivity contribution in [2.45, 2.75) is 88.0 Å². The zero-order chi connectivity index (χ0) is 36.6. The fourth-order valence-corrected chi connectivity index (χ4v) is 4.66. The van der Waals surface area contributed by atoms with Gasteiger partial charge in [0.05, 0.1) is 12.5 Å². The van der Waals surface area contributed by atoms with Crippen LogP contribution in [0.5, 0.6) is 0 Å². The van der Waals surface area contributed by atoms with E-state index in [1.165, 1.54) is 11.8 Å². The monoisotopic (exact) mass is 703 g/mol. The van der Waals surface area contributed by atoms with E-state index in [9.17, 15) is 33.9 Å². The van der Waals surface area contributed by atoms with Gasteiger partial charge in [-0.1, -0.05) is 0 Å². The van der Waals surface area contributed by atoms with Gasteiger partial charge in [-0.3, -0.25) is 34.0 Å². The van der Waals surface area contributed by atoms with Crippen molar-refractivity contribution in [3.8, 4) is 0 Å². The fourth-order valence-electron chi connectivity index (χ4n) is 4.18. The van der Waals surface area contributed by atoms with Crippen LogP contribution < -0.4 is 61.4 Å². The Labute approximate surface area is 283 Å². The number of rotatable bonds is 26. The maximum Gasteiger partial charge on any atom is 0.326 e. The third kappa shape index (κ3) is 20.0. The number of carboxylic acid groups (broad SMARTS) is 1. The maximum atomic E-state index is 13.5. The molecule has 0 bridgehead atoms. The van der Waals surface area contributed by atoms with Gasteiger partial charge in [-0.25, -0.2) is 4.79 Å². The number of aliphatic carboxylic acids is 1. The molecule has 0 aromatic heterocycles. The highest BCUT2D eigenvalue weighted by atomic mass is 32.2. The summed E-state index contributed by atoms with van der Waals surface area (Å²) >= 11 is 1.38. The highest BCUT2D eigenvalue weighted by Crippen LogP contribution is 2.08. The van der Waals surface area contributed by atoms with Crippen molar-refractivity contribution in [2.24, 2.45) is 50.1 Å². The lowest BCUT2D eigenvalue weighted by molar-refractivity contribution is -0.142. The molecule has 0 radical (unpaired) electrons. The summed E-state index contributed by atoms with van der Waals surface area (Å²) in [4.78, 5) is 84.0. The first-order chi connectivity index (χ1) is 22.6. The number of guanidine groups is 2. The van der Waals surface area contributed by atoms with Crippen LogP contribution in [0.2, 0.25) is 0 Å². The number of amides is 5. The minimum absolute atomic E-state index is 0.0219. The first-order valence-electron chi connectivity index (χ1n) is 15.4. The molecule has 19 N–H and O–H groups in total. The second-order valence-electron chi connectivity index (χ2n) is 10.8.